The van der Waals surface area contributed by atoms with Gasteiger partial charge in [0, 0.05) is 30.5 Å². The molecule has 2 aromatic heterocycles. The lowest BCUT2D eigenvalue weighted by atomic mass is 10.1. The Bertz CT molecular complexity index is 988. The van der Waals surface area contributed by atoms with Crippen molar-refractivity contribution in [2.24, 2.45) is 0 Å². The molecule has 0 saturated carbocycles. The molecule has 1 atom stereocenters. The van der Waals surface area contributed by atoms with Gasteiger partial charge in [-0.1, -0.05) is 18.2 Å². The predicted octanol–water partition coefficient (Wildman–Crippen LogP) is 2.96. The highest BCUT2D eigenvalue weighted by Gasteiger charge is 2.17. The maximum atomic E-state index is 13.2. The molecule has 1 aliphatic rings. The van der Waals surface area contributed by atoms with E-state index in [1.165, 1.54) is 0 Å². The second-order valence-electron chi connectivity index (χ2n) is 7.28. The van der Waals surface area contributed by atoms with Crippen LogP contribution in [0.3, 0.4) is 0 Å². The molecule has 3 N–H and O–H groups in total. The van der Waals surface area contributed by atoms with Gasteiger partial charge in [0.15, 0.2) is 0 Å². The topological polar surface area (TPSA) is 70.5 Å². The van der Waals surface area contributed by atoms with Gasteiger partial charge in [-0.15, -0.1) is 0 Å². The van der Waals surface area contributed by atoms with Crippen molar-refractivity contribution in [2.45, 2.75) is 32.4 Å². The Kier molecular flexibility index (Phi) is 4.81. The molecule has 0 unspecified atom stereocenters. The first-order chi connectivity index (χ1) is 13.1. The lowest BCUT2D eigenvalue weighted by molar-refractivity contribution is 0.793. The Morgan fingerprint density at radius 3 is 2.70 bits per heavy atom. The van der Waals surface area contributed by atoms with Crippen LogP contribution in [0.25, 0.3) is 16.8 Å². The molecular weight excluding hydrogens is 338 g/mol. The third-order valence-electron chi connectivity index (χ3n) is 4.76. The van der Waals surface area contributed by atoms with Crippen LogP contribution in [0.2, 0.25) is 0 Å². The minimum absolute atomic E-state index is 0.0653. The van der Waals surface area contributed by atoms with E-state index in [0.717, 1.165) is 30.8 Å². The molecule has 0 aliphatic carbocycles. The van der Waals surface area contributed by atoms with Crippen LogP contribution in [0.1, 0.15) is 20.3 Å². The quantitative estimate of drug-likeness (QED) is 0.650. The summed E-state index contributed by atoms with van der Waals surface area (Å²) < 4.78 is 1.59. The van der Waals surface area contributed by atoms with E-state index in [2.05, 4.69) is 20.9 Å². The summed E-state index contributed by atoms with van der Waals surface area (Å²) in [5.74, 6) is 0.627. The van der Waals surface area contributed by atoms with Crippen molar-refractivity contribution < 1.29 is 0 Å². The summed E-state index contributed by atoms with van der Waals surface area (Å²) in [5, 5.41) is 10.2. The molecule has 140 valence electrons. The Balaban J connectivity index is 1.75. The third kappa shape index (κ3) is 3.66. The lowest BCUT2D eigenvalue weighted by Gasteiger charge is -2.16. The van der Waals surface area contributed by atoms with Crippen LogP contribution in [0.5, 0.6) is 0 Å². The molecule has 3 heterocycles. The molecule has 27 heavy (non-hydrogen) atoms. The van der Waals surface area contributed by atoms with E-state index in [9.17, 15) is 4.79 Å². The van der Waals surface area contributed by atoms with Gasteiger partial charge in [-0.05, 0) is 56.6 Å². The highest BCUT2D eigenvalue weighted by Crippen LogP contribution is 2.26. The average Bonchev–Trinajstić information content (AvgIpc) is 3.16. The molecule has 1 aliphatic heterocycles. The maximum Gasteiger partial charge on any atom is 0.267 e. The van der Waals surface area contributed by atoms with Gasteiger partial charge in [0.05, 0.1) is 5.56 Å². The van der Waals surface area contributed by atoms with E-state index in [-0.39, 0.29) is 11.6 Å². The van der Waals surface area contributed by atoms with Gasteiger partial charge < -0.3 is 16.0 Å². The fourth-order valence-electron chi connectivity index (χ4n) is 3.47. The predicted molar refractivity (Wildman–Crippen MR) is 111 cm³/mol. The number of nitrogens with one attached hydrogen (secondary N) is 3. The second kappa shape index (κ2) is 7.40. The Labute approximate surface area is 158 Å². The van der Waals surface area contributed by atoms with Crippen LogP contribution < -0.4 is 21.5 Å². The summed E-state index contributed by atoms with van der Waals surface area (Å²) in [6.07, 6.45) is 2.89. The van der Waals surface area contributed by atoms with Crippen LogP contribution in [0.4, 0.5) is 11.5 Å². The molecule has 3 aromatic rings. The van der Waals surface area contributed by atoms with Gasteiger partial charge in [0.2, 0.25) is 0 Å². The zero-order chi connectivity index (χ0) is 18.8. The van der Waals surface area contributed by atoms with Crippen LogP contribution in [-0.4, -0.2) is 34.6 Å². The van der Waals surface area contributed by atoms with E-state index >= 15 is 0 Å². The second-order valence-corrected chi connectivity index (χ2v) is 7.28. The number of hydrogen-bond acceptors (Lipinski definition) is 5. The van der Waals surface area contributed by atoms with E-state index in [1.54, 1.807) is 10.6 Å². The Morgan fingerprint density at radius 2 is 2.00 bits per heavy atom. The number of pyridine rings is 1. The molecule has 1 fully saturated rings. The number of anilines is 2. The standard InChI is InChI=1S/C21H25N5O/c1-14(2)23-20-19(21(27)26-12-4-3-5-18(26)25-20)15-6-8-16(9-7-15)24-17-10-11-22-13-17/h3-9,12,14,17,22-24H,10-11,13H2,1-2H3/t17-/m1/s1. The number of nitrogens with zero attached hydrogens (tertiary/aromatic N) is 2. The molecule has 0 bridgehead atoms. The minimum Gasteiger partial charge on any atom is -0.381 e. The molecule has 6 nitrogen and oxygen atoms in total. The monoisotopic (exact) mass is 363 g/mol. The number of rotatable bonds is 5. The van der Waals surface area contributed by atoms with Crippen LogP contribution in [0, 0.1) is 0 Å². The largest absolute Gasteiger partial charge is 0.381 e. The Morgan fingerprint density at radius 1 is 1.19 bits per heavy atom. The number of fused-ring (bicyclic) bond motifs is 1. The van der Waals surface area contributed by atoms with Gasteiger partial charge in [-0.2, -0.15) is 0 Å². The summed E-state index contributed by atoms with van der Waals surface area (Å²) in [6, 6.07) is 14.3. The SMILES string of the molecule is CC(C)Nc1nc2ccccn2c(=O)c1-c1ccc(N[C@@H]2CCNC2)cc1. The Hall–Kier alpha value is -2.86. The third-order valence-corrected chi connectivity index (χ3v) is 4.76. The summed E-state index contributed by atoms with van der Waals surface area (Å²) in [7, 11) is 0. The van der Waals surface area contributed by atoms with Crippen molar-refractivity contribution in [3.05, 3.63) is 59.0 Å². The minimum atomic E-state index is -0.0653. The first-order valence-corrected chi connectivity index (χ1v) is 9.47. The molecule has 0 spiro atoms. The molecule has 0 radical (unpaired) electrons. The molecule has 1 aromatic carbocycles. The van der Waals surface area contributed by atoms with Crippen LogP contribution in [0.15, 0.2) is 53.5 Å². The first kappa shape index (κ1) is 17.5. The summed E-state index contributed by atoms with van der Waals surface area (Å²) >= 11 is 0. The van der Waals surface area contributed by atoms with Crippen LogP contribution in [-0.2, 0) is 0 Å². The highest BCUT2D eigenvalue weighted by atomic mass is 16.1. The molecule has 4 rings (SSSR count). The lowest BCUT2D eigenvalue weighted by Crippen LogP contribution is -2.22. The summed E-state index contributed by atoms with van der Waals surface area (Å²) in [5.41, 5.74) is 3.11. The van der Waals surface area contributed by atoms with Gasteiger partial charge in [-0.3, -0.25) is 9.20 Å². The van der Waals surface area contributed by atoms with Gasteiger partial charge in [0.1, 0.15) is 11.5 Å². The number of hydrogen-bond donors (Lipinski definition) is 3. The zero-order valence-electron chi connectivity index (χ0n) is 15.7. The molecule has 6 heteroatoms. The van der Waals surface area contributed by atoms with E-state index in [1.807, 2.05) is 56.3 Å². The fourth-order valence-corrected chi connectivity index (χ4v) is 3.47. The van der Waals surface area contributed by atoms with Crippen molar-refractivity contribution >= 4 is 17.2 Å². The average molecular weight is 363 g/mol. The maximum absolute atomic E-state index is 13.2. The molecule has 0 amide bonds. The molecular formula is C21H25N5O. The summed E-state index contributed by atoms with van der Waals surface area (Å²) in [4.78, 5) is 17.8. The van der Waals surface area contributed by atoms with Gasteiger partial charge in [-0.25, -0.2) is 4.98 Å². The van der Waals surface area contributed by atoms with Gasteiger partial charge in [0.25, 0.3) is 5.56 Å². The summed E-state index contributed by atoms with van der Waals surface area (Å²) in [6.45, 7) is 6.13. The van der Waals surface area contributed by atoms with E-state index in [4.69, 9.17) is 0 Å². The van der Waals surface area contributed by atoms with E-state index in [0.29, 0.717) is 23.1 Å². The number of aromatic nitrogens is 2. The van der Waals surface area contributed by atoms with Gasteiger partial charge >= 0.3 is 0 Å². The number of benzene rings is 1. The molecule has 1 saturated heterocycles. The van der Waals surface area contributed by atoms with Crippen molar-refractivity contribution in [2.75, 3.05) is 23.7 Å². The fraction of sp³-hybridized carbons (Fsp3) is 0.333. The zero-order valence-corrected chi connectivity index (χ0v) is 15.7. The smallest absolute Gasteiger partial charge is 0.267 e. The van der Waals surface area contributed by atoms with Crippen molar-refractivity contribution in [3.8, 4) is 11.1 Å². The van der Waals surface area contributed by atoms with Crippen molar-refractivity contribution in [3.63, 3.8) is 0 Å². The van der Waals surface area contributed by atoms with E-state index < -0.39 is 0 Å². The van der Waals surface area contributed by atoms with Crippen molar-refractivity contribution in [1.29, 1.82) is 0 Å². The first-order valence-electron chi connectivity index (χ1n) is 9.47. The van der Waals surface area contributed by atoms with Crippen LogP contribution >= 0.6 is 0 Å². The highest BCUT2D eigenvalue weighted by molar-refractivity contribution is 5.77. The normalized spacial score (nSPS) is 16.8. The van der Waals surface area contributed by atoms with Crippen molar-refractivity contribution in [1.82, 2.24) is 14.7 Å².